The lowest BCUT2D eigenvalue weighted by molar-refractivity contribution is -0.119. The van der Waals surface area contributed by atoms with E-state index in [9.17, 15) is 9.59 Å². The number of ether oxygens (including phenoxy) is 3. The van der Waals surface area contributed by atoms with Crippen molar-refractivity contribution < 1.29 is 23.8 Å². The summed E-state index contributed by atoms with van der Waals surface area (Å²) in [6.07, 6.45) is 0.988. The molecule has 0 aliphatic heterocycles. The molecule has 7 heteroatoms. The summed E-state index contributed by atoms with van der Waals surface area (Å²) < 4.78 is 16.7. The predicted molar refractivity (Wildman–Crippen MR) is 116 cm³/mol. The fourth-order valence-electron chi connectivity index (χ4n) is 2.70. The summed E-state index contributed by atoms with van der Waals surface area (Å²) in [6, 6.07) is 0. The second-order valence-corrected chi connectivity index (χ2v) is 9.78. The average molecular weight is 423 g/mol. The topological polar surface area (TPSA) is 61.8 Å². The van der Waals surface area contributed by atoms with E-state index in [4.69, 9.17) is 14.2 Å². The van der Waals surface area contributed by atoms with Gasteiger partial charge in [0.15, 0.2) is 0 Å². The van der Waals surface area contributed by atoms with Crippen molar-refractivity contribution in [3.63, 3.8) is 0 Å². The largest absolute Gasteiger partial charge is 0.378 e. The first-order chi connectivity index (χ1) is 12.4. The smallest absolute Gasteiger partial charge is 0.130 e. The van der Waals surface area contributed by atoms with E-state index in [-0.39, 0.29) is 32.9 Å². The first kappa shape index (κ1) is 26.9. The molecule has 0 aromatic rings. The van der Waals surface area contributed by atoms with Crippen molar-refractivity contribution >= 4 is 36.8 Å². The molecule has 5 nitrogen and oxygen atoms in total. The molecule has 0 aliphatic rings. The van der Waals surface area contributed by atoms with Crippen LogP contribution in [0.2, 0.25) is 0 Å². The summed E-state index contributed by atoms with van der Waals surface area (Å²) in [7, 11) is 0. The first-order valence-corrected chi connectivity index (χ1v) is 10.5. The predicted octanol–water partition coefficient (Wildman–Crippen LogP) is 3.64. The molecule has 2 atom stereocenters. The summed E-state index contributed by atoms with van der Waals surface area (Å²) in [4.78, 5) is 22.6. The number of carbonyl (C=O) groups excluding carboxylic acids is 2. The van der Waals surface area contributed by atoms with Crippen molar-refractivity contribution in [3.05, 3.63) is 0 Å². The number of thiol groups is 2. The second-order valence-electron chi connectivity index (χ2n) is 8.53. The van der Waals surface area contributed by atoms with E-state index in [1.807, 2.05) is 27.7 Å². The number of ketones is 2. The maximum Gasteiger partial charge on any atom is 0.130 e. The zero-order chi connectivity index (χ0) is 21.1. The van der Waals surface area contributed by atoms with Crippen LogP contribution in [0.25, 0.3) is 0 Å². The van der Waals surface area contributed by atoms with Crippen molar-refractivity contribution in [3.8, 4) is 0 Å². The molecule has 0 spiro atoms. The third-order valence-electron chi connectivity index (χ3n) is 4.51. The second kappa shape index (κ2) is 13.2. The third-order valence-corrected chi connectivity index (χ3v) is 6.20. The number of carbonyl (C=O) groups is 2. The van der Waals surface area contributed by atoms with Gasteiger partial charge in [0.25, 0.3) is 0 Å². The minimum Gasteiger partial charge on any atom is -0.378 e. The number of Topliss-reactive ketones (excluding diaryl/α,β-unsaturated/α-hetero) is 2. The average Bonchev–Trinajstić information content (AvgIpc) is 2.50. The molecular weight excluding hydrogens is 384 g/mol. The van der Waals surface area contributed by atoms with Crippen LogP contribution in [-0.2, 0) is 23.8 Å². The van der Waals surface area contributed by atoms with Gasteiger partial charge < -0.3 is 23.8 Å². The van der Waals surface area contributed by atoms with E-state index in [2.05, 4.69) is 25.3 Å². The highest BCUT2D eigenvalue weighted by Gasteiger charge is 2.29. The molecule has 0 aromatic carbocycles. The normalized spacial score (nSPS) is 14.8. The molecule has 2 unspecified atom stereocenters. The van der Waals surface area contributed by atoms with E-state index >= 15 is 0 Å². The van der Waals surface area contributed by atoms with Crippen LogP contribution < -0.4 is 0 Å². The summed E-state index contributed by atoms with van der Waals surface area (Å²) in [6.45, 7) is 14.2. The molecule has 0 N–H and O–H groups in total. The maximum atomic E-state index is 11.3. The molecule has 160 valence electrons. The van der Waals surface area contributed by atoms with E-state index in [0.717, 1.165) is 0 Å². The van der Waals surface area contributed by atoms with Gasteiger partial charge in [0.1, 0.15) is 11.6 Å². The summed E-state index contributed by atoms with van der Waals surface area (Å²) in [5.41, 5.74) is -0.383. The highest BCUT2D eigenvalue weighted by Crippen LogP contribution is 2.30. The van der Waals surface area contributed by atoms with Crippen LogP contribution in [0, 0.1) is 10.8 Å². The summed E-state index contributed by atoms with van der Waals surface area (Å²) in [5, 5.41) is -0.00850. The Morgan fingerprint density at radius 2 is 1.00 bits per heavy atom. The van der Waals surface area contributed by atoms with Gasteiger partial charge in [0.05, 0.1) is 39.6 Å². The van der Waals surface area contributed by atoms with E-state index < -0.39 is 0 Å². The Kier molecular flexibility index (Phi) is 13.2. The Morgan fingerprint density at radius 1 is 0.704 bits per heavy atom. The van der Waals surface area contributed by atoms with Crippen LogP contribution in [0.3, 0.4) is 0 Å². The van der Waals surface area contributed by atoms with Gasteiger partial charge >= 0.3 is 0 Å². The highest BCUT2D eigenvalue weighted by atomic mass is 32.1. The van der Waals surface area contributed by atoms with Crippen molar-refractivity contribution in [2.75, 3.05) is 39.6 Å². The van der Waals surface area contributed by atoms with Crippen LogP contribution in [0.1, 0.15) is 54.4 Å². The van der Waals surface area contributed by atoms with E-state index in [1.165, 1.54) is 0 Å². The minimum absolute atomic E-state index is 0.00425. The van der Waals surface area contributed by atoms with Gasteiger partial charge in [-0.1, -0.05) is 27.7 Å². The minimum atomic E-state index is -0.191. The van der Waals surface area contributed by atoms with Gasteiger partial charge in [0.2, 0.25) is 0 Å². The van der Waals surface area contributed by atoms with Crippen molar-refractivity contribution in [1.29, 1.82) is 0 Å². The molecule has 0 aromatic heterocycles. The van der Waals surface area contributed by atoms with Crippen LogP contribution in [0.15, 0.2) is 0 Å². The van der Waals surface area contributed by atoms with Gasteiger partial charge in [-0.25, -0.2) is 0 Å². The molecule has 0 rings (SSSR count). The molecule has 0 bridgehead atoms. The standard InChI is InChI=1S/C20H38O5S2/c1-15(21)11-19(3,4)17(26)13-24-9-7-23-8-10-25-14-18(27)20(5,6)12-16(2)22/h17-18,26-27H,7-14H2,1-6H3. The third kappa shape index (κ3) is 12.9. The molecule has 0 radical (unpaired) electrons. The molecule has 27 heavy (non-hydrogen) atoms. The van der Waals surface area contributed by atoms with E-state index in [1.54, 1.807) is 13.8 Å². The Balaban J connectivity index is 3.73. The van der Waals surface area contributed by atoms with Gasteiger partial charge in [0, 0.05) is 23.3 Å². The number of hydrogen-bond acceptors (Lipinski definition) is 7. The Morgan fingerprint density at radius 3 is 1.30 bits per heavy atom. The van der Waals surface area contributed by atoms with Crippen LogP contribution in [-0.4, -0.2) is 61.7 Å². The van der Waals surface area contributed by atoms with Gasteiger partial charge in [-0.05, 0) is 24.7 Å². The zero-order valence-electron chi connectivity index (χ0n) is 17.7. The molecule has 0 fully saturated rings. The summed E-state index contributed by atoms with van der Waals surface area (Å²) in [5.74, 6) is 0.325. The quantitative estimate of drug-likeness (QED) is 0.294. The number of hydrogen-bond donors (Lipinski definition) is 2. The molecule has 0 heterocycles. The van der Waals surface area contributed by atoms with Crippen LogP contribution in [0.5, 0.6) is 0 Å². The highest BCUT2D eigenvalue weighted by molar-refractivity contribution is 7.81. The lowest BCUT2D eigenvalue weighted by Gasteiger charge is -2.30. The molecule has 0 aliphatic carbocycles. The van der Waals surface area contributed by atoms with Crippen LogP contribution >= 0.6 is 25.3 Å². The van der Waals surface area contributed by atoms with E-state index in [0.29, 0.717) is 52.5 Å². The lowest BCUT2D eigenvalue weighted by atomic mass is 9.84. The Labute approximate surface area is 176 Å². The fourth-order valence-corrected chi connectivity index (χ4v) is 3.09. The zero-order valence-corrected chi connectivity index (χ0v) is 19.5. The fraction of sp³-hybridized carbons (Fsp3) is 0.900. The number of rotatable bonds is 16. The maximum absolute atomic E-state index is 11.3. The Hall–Kier alpha value is -0.0800. The van der Waals surface area contributed by atoms with Crippen molar-refractivity contribution in [2.45, 2.75) is 64.9 Å². The first-order valence-electron chi connectivity index (χ1n) is 9.46. The Bertz CT molecular complexity index is 412. The van der Waals surface area contributed by atoms with Crippen LogP contribution in [0.4, 0.5) is 0 Å². The van der Waals surface area contributed by atoms with Gasteiger partial charge in [-0.2, -0.15) is 25.3 Å². The SMILES string of the molecule is CC(=O)CC(C)(C)C(S)COCCOCCOCC(S)C(C)(C)CC(C)=O. The van der Waals surface area contributed by atoms with Crippen molar-refractivity contribution in [1.82, 2.24) is 0 Å². The summed E-state index contributed by atoms with van der Waals surface area (Å²) >= 11 is 9.11. The van der Waals surface area contributed by atoms with Crippen molar-refractivity contribution in [2.24, 2.45) is 10.8 Å². The van der Waals surface area contributed by atoms with Gasteiger partial charge in [-0.3, -0.25) is 0 Å². The molecule has 0 amide bonds. The monoisotopic (exact) mass is 422 g/mol. The van der Waals surface area contributed by atoms with Gasteiger partial charge in [-0.15, -0.1) is 0 Å². The molecular formula is C20H38O5S2. The molecule has 0 saturated carbocycles. The molecule has 0 saturated heterocycles. The lowest BCUT2D eigenvalue weighted by Crippen LogP contribution is -2.31.